The zero-order valence-electron chi connectivity index (χ0n) is 54.3. The molecule has 2 atom stereocenters. The first-order valence-electron chi connectivity index (χ1n) is 36.6. The summed E-state index contributed by atoms with van der Waals surface area (Å²) in [6, 6.07) is -0.629. The SMILES string of the molecule is CCCCCCCC/C=C\CCCCCCCCCCCC(=O)OCCCCCCCCCCCCCCCCCCCCCCCCC(=O)NC(CO)C(O)/C=C/CCCCCCCCCCCCCCCCCCCCCC. The highest BCUT2D eigenvalue weighted by atomic mass is 16.5. The molecule has 0 spiro atoms. The van der Waals surface area contributed by atoms with Gasteiger partial charge < -0.3 is 20.3 Å². The van der Waals surface area contributed by atoms with Crippen LogP contribution in [0.25, 0.3) is 0 Å². The van der Waals surface area contributed by atoms with Gasteiger partial charge in [-0.2, -0.15) is 0 Å². The van der Waals surface area contributed by atoms with Gasteiger partial charge in [0.2, 0.25) is 5.91 Å². The number of carbonyl (C=O) groups excluding carboxylic acids is 2. The maximum atomic E-state index is 12.5. The van der Waals surface area contributed by atoms with Gasteiger partial charge in [0.05, 0.1) is 25.4 Å². The minimum atomic E-state index is -0.846. The monoisotopic (exact) mass is 1130 g/mol. The number of nitrogens with one attached hydrogen (secondary N) is 1. The Morgan fingerprint density at radius 2 is 0.588 bits per heavy atom. The summed E-state index contributed by atoms with van der Waals surface area (Å²) < 4.78 is 5.51. The quantitative estimate of drug-likeness (QED) is 0.0320. The molecule has 0 aliphatic heterocycles. The van der Waals surface area contributed by atoms with E-state index in [9.17, 15) is 19.8 Å². The summed E-state index contributed by atoms with van der Waals surface area (Å²) >= 11 is 0. The van der Waals surface area contributed by atoms with Crippen LogP contribution in [0.5, 0.6) is 0 Å². The average molecular weight is 1130 g/mol. The Hall–Kier alpha value is -1.66. The average Bonchev–Trinajstić information content (AvgIpc) is 3.46. The minimum absolute atomic E-state index is 0.0134. The number of allylic oxidation sites excluding steroid dienone is 3. The molecule has 0 aliphatic rings. The summed E-state index contributed by atoms with van der Waals surface area (Å²) in [5, 5.41) is 23.3. The third-order valence-electron chi connectivity index (χ3n) is 17.2. The Bertz CT molecular complexity index is 1250. The van der Waals surface area contributed by atoms with Crippen LogP contribution in [0.2, 0.25) is 0 Å². The lowest BCUT2D eigenvalue weighted by Gasteiger charge is -2.20. The van der Waals surface area contributed by atoms with E-state index in [2.05, 4.69) is 31.3 Å². The third kappa shape index (κ3) is 65.5. The number of hydrogen-bond acceptors (Lipinski definition) is 5. The van der Waals surface area contributed by atoms with Crippen LogP contribution >= 0.6 is 0 Å². The molecule has 3 N–H and O–H groups in total. The first-order valence-corrected chi connectivity index (χ1v) is 36.6. The Kier molecular flexibility index (Phi) is 68.4. The molecule has 0 heterocycles. The molecule has 0 aromatic heterocycles. The van der Waals surface area contributed by atoms with Gasteiger partial charge in [0, 0.05) is 12.8 Å². The number of unbranched alkanes of at least 4 members (excludes halogenated alkanes) is 56. The van der Waals surface area contributed by atoms with Crippen molar-refractivity contribution < 1.29 is 24.5 Å². The van der Waals surface area contributed by atoms with Crippen LogP contribution < -0.4 is 5.32 Å². The minimum Gasteiger partial charge on any atom is -0.466 e. The third-order valence-corrected chi connectivity index (χ3v) is 17.2. The van der Waals surface area contributed by atoms with Crippen LogP contribution in [0.4, 0.5) is 0 Å². The van der Waals surface area contributed by atoms with E-state index in [1.165, 1.54) is 340 Å². The van der Waals surface area contributed by atoms with Crippen LogP contribution in [0, 0.1) is 0 Å². The van der Waals surface area contributed by atoms with E-state index in [4.69, 9.17) is 4.74 Å². The van der Waals surface area contributed by atoms with Gasteiger partial charge in [-0.15, -0.1) is 0 Å². The van der Waals surface area contributed by atoms with Crippen molar-refractivity contribution in [3.63, 3.8) is 0 Å². The van der Waals surface area contributed by atoms with E-state index in [-0.39, 0.29) is 18.5 Å². The number of ether oxygens (including phenoxy) is 1. The number of esters is 1. The van der Waals surface area contributed by atoms with E-state index in [0.717, 1.165) is 44.9 Å². The molecule has 0 aromatic rings. The van der Waals surface area contributed by atoms with Gasteiger partial charge >= 0.3 is 5.97 Å². The van der Waals surface area contributed by atoms with Gasteiger partial charge in [0.15, 0.2) is 0 Å². The summed E-state index contributed by atoms with van der Waals surface area (Å²) in [4.78, 5) is 24.7. The van der Waals surface area contributed by atoms with E-state index in [1.54, 1.807) is 6.08 Å². The normalized spacial score (nSPS) is 12.6. The second kappa shape index (κ2) is 69.8. The highest BCUT2D eigenvalue weighted by Crippen LogP contribution is 2.19. The fourth-order valence-corrected chi connectivity index (χ4v) is 11.6. The van der Waals surface area contributed by atoms with Crippen molar-refractivity contribution in [1.29, 1.82) is 0 Å². The molecule has 80 heavy (non-hydrogen) atoms. The summed E-state index contributed by atoms with van der Waals surface area (Å²) in [5.74, 6) is -0.0503. The summed E-state index contributed by atoms with van der Waals surface area (Å²) in [5.41, 5.74) is 0. The zero-order chi connectivity index (χ0) is 57.8. The molecule has 2 unspecified atom stereocenters. The molecule has 0 fully saturated rings. The largest absolute Gasteiger partial charge is 0.466 e. The van der Waals surface area contributed by atoms with Crippen molar-refractivity contribution in [2.45, 2.75) is 424 Å². The molecule has 0 radical (unpaired) electrons. The molecule has 6 heteroatoms. The molecule has 6 nitrogen and oxygen atoms in total. The van der Waals surface area contributed by atoms with E-state index in [0.29, 0.717) is 19.4 Å². The lowest BCUT2D eigenvalue weighted by molar-refractivity contribution is -0.143. The Morgan fingerprint density at radius 3 is 0.887 bits per heavy atom. The van der Waals surface area contributed by atoms with E-state index in [1.807, 2.05) is 6.08 Å². The van der Waals surface area contributed by atoms with Gasteiger partial charge in [-0.25, -0.2) is 0 Å². The summed E-state index contributed by atoms with van der Waals surface area (Å²) in [6.45, 7) is 4.94. The maximum absolute atomic E-state index is 12.5. The first kappa shape index (κ1) is 78.3. The standard InChI is InChI=1S/C74H143NO5/c1-3-5-7-9-11-13-15-17-19-21-23-24-27-31-34-38-42-46-50-54-58-62-66-72(77)71(70-76)75-73(78)67-63-59-55-51-47-43-39-35-32-28-25-26-29-33-37-41-45-49-53-57-61-65-69-80-74(79)68-64-60-56-52-48-44-40-36-30-22-20-18-16-14-12-10-8-6-4-2/h18,20,62,66,71-72,76-77H,3-17,19,21-61,63-65,67-70H2,1-2H3,(H,75,78)/b20-18-,66-62+. The molecule has 0 saturated carbocycles. The van der Waals surface area contributed by atoms with Crippen molar-refractivity contribution in [3.8, 4) is 0 Å². The first-order chi connectivity index (χ1) is 39.5. The van der Waals surface area contributed by atoms with Gasteiger partial charge in [-0.05, 0) is 57.8 Å². The van der Waals surface area contributed by atoms with Gasteiger partial charge in [0.1, 0.15) is 0 Å². The lowest BCUT2D eigenvalue weighted by atomic mass is 10.0. The lowest BCUT2D eigenvalue weighted by Crippen LogP contribution is -2.45. The van der Waals surface area contributed by atoms with Crippen LogP contribution in [0.1, 0.15) is 412 Å². The second-order valence-electron chi connectivity index (χ2n) is 25.3. The Morgan fingerprint density at radius 1 is 0.338 bits per heavy atom. The molecule has 0 bridgehead atoms. The molecular weight excluding hydrogens is 983 g/mol. The number of rotatable bonds is 69. The van der Waals surface area contributed by atoms with Crippen LogP contribution in [0.3, 0.4) is 0 Å². The Labute approximate surface area is 501 Å². The maximum Gasteiger partial charge on any atom is 0.305 e. The smallest absolute Gasteiger partial charge is 0.305 e. The van der Waals surface area contributed by atoms with Crippen LogP contribution in [-0.4, -0.2) is 47.4 Å². The number of carbonyl (C=O) groups is 2. The molecule has 474 valence electrons. The number of hydrogen-bond donors (Lipinski definition) is 3. The molecule has 0 rings (SSSR count). The van der Waals surface area contributed by atoms with Gasteiger partial charge in [0.25, 0.3) is 0 Å². The fourth-order valence-electron chi connectivity index (χ4n) is 11.6. The second-order valence-corrected chi connectivity index (χ2v) is 25.3. The van der Waals surface area contributed by atoms with Crippen LogP contribution in [0.15, 0.2) is 24.3 Å². The summed E-state index contributed by atoms with van der Waals surface area (Å²) in [6.07, 6.45) is 88.3. The number of amides is 1. The highest BCUT2D eigenvalue weighted by molar-refractivity contribution is 5.76. The molecular formula is C74H143NO5. The van der Waals surface area contributed by atoms with E-state index < -0.39 is 12.1 Å². The number of aliphatic hydroxyl groups is 2. The van der Waals surface area contributed by atoms with Gasteiger partial charge in [-0.3, -0.25) is 9.59 Å². The van der Waals surface area contributed by atoms with Gasteiger partial charge in [-0.1, -0.05) is 366 Å². The van der Waals surface area contributed by atoms with Crippen molar-refractivity contribution in [2.24, 2.45) is 0 Å². The molecule has 0 aliphatic carbocycles. The van der Waals surface area contributed by atoms with Crippen molar-refractivity contribution >= 4 is 11.9 Å². The zero-order valence-corrected chi connectivity index (χ0v) is 54.3. The molecule has 1 amide bonds. The summed E-state index contributed by atoms with van der Waals surface area (Å²) in [7, 11) is 0. The molecule has 0 aromatic carbocycles. The van der Waals surface area contributed by atoms with E-state index >= 15 is 0 Å². The number of aliphatic hydroxyl groups excluding tert-OH is 2. The fraction of sp³-hybridized carbons (Fsp3) is 0.919. The van der Waals surface area contributed by atoms with Crippen molar-refractivity contribution in [2.75, 3.05) is 13.2 Å². The van der Waals surface area contributed by atoms with Crippen LogP contribution in [-0.2, 0) is 14.3 Å². The highest BCUT2D eigenvalue weighted by Gasteiger charge is 2.18. The predicted molar refractivity (Wildman–Crippen MR) is 352 cm³/mol. The predicted octanol–water partition coefficient (Wildman–Crippen LogP) is 23.7. The molecule has 0 saturated heterocycles. The van der Waals surface area contributed by atoms with Crippen molar-refractivity contribution in [3.05, 3.63) is 24.3 Å². The Balaban J connectivity index is 3.39. The van der Waals surface area contributed by atoms with Crippen molar-refractivity contribution in [1.82, 2.24) is 5.32 Å². The topological polar surface area (TPSA) is 95.9 Å².